The molecular weight excluding hydrogens is 472 g/mol. The average Bonchev–Trinajstić information content (AvgIpc) is 2.90. The molecule has 0 aromatic heterocycles. The number of hydrogen-bond acceptors (Lipinski definition) is 6. The van der Waals surface area contributed by atoms with Gasteiger partial charge in [0.25, 0.3) is 5.91 Å². The molecule has 0 bridgehead atoms. The molecule has 37 heavy (non-hydrogen) atoms. The van der Waals surface area contributed by atoms with Crippen LogP contribution in [0.4, 0.5) is 4.79 Å². The summed E-state index contributed by atoms with van der Waals surface area (Å²) in [4.78, 5) is 48.2. The molecule has 0 heterocycles. The van der Waals surface area contributed by atoms with Gasteiger partial charge in [-0.25, -0.2) is 4.79 Å². The number of ether oxygens (including phenoxy) is 2. The molecule has 0 spiro atoms. The van der Waals surface area contributed by atoms with Crippen LogP contribution in [0.5, 0.6) is 0 Å². The van der Waals surface area contributed by atoms with Gasteiger partial charge in [0.2, 0.25) is 5.78 Å². The highest BCUT2D eigenvalue weighted by Crippen LogP contribution is 2.10. The van der Waals surface area contributed by atoms with E-state index in [0.717, 1.165) is 38.5 Å². The third-order valence-electron chi connectivity index (χ3n) is 6.49. The normalized spacial score (nSPS) is 11.5. The van der Waals surface area contributed by atoms with E-state index >= 15 is 0 Å². The Morgan fingerprint density at radius 3 is 1.73 bits per heavy atom. The number of methoxy groups -OCH3 is 1. The van der Waals surface area contributed by atoms with Gasteiger partial charge < -0.3 is 20.1 Å². The van der Waals surface area contributed by atoms with Gasteiger partial charge in [0.15, 0.2) is 0 Å². The molecule has 0 aromatic rings. The zero-order chi connectivity index (χ0) is 27.6. The number of hydrogen-bond donors (Lipinski definition) is 2. The van der Waals surface area contributed by atoms with E-state index in [1.165, 1.54) is 64.9 Å². The molecule has 216 valence electrons. The molecule has 0 radical (unpaired) electrons. The number of unbranched alkanes of at least 4 members (excludes halogenated alkanes) is 14. The minimum atomic E-state index is -0.694. The Bertz CT molecular complexity index is 611. The maximum Gasteiger partial charge on any atom is 0.407 e. The molecule has 0 saturated heterocycles. The number of amides is 2. The van der Waals surface area contributed by atoms with Crippen LogP contribution < -0.4 is 10.6 Å². The zero-order valence-corrected chi connectivity index (χ0v) is 23.9. The van der Waals surface area contributed by atoms with E-state index in [4.69, 9.17) is 4.74 Å². The van der Waals surface area contributed by atoms with Crippen molar-refractivity contribution in [3.63, 3.8) is 0 Å². The van der Waals surface area contributed by atoms with Crippen LogP contribution in [0.3, 0.4) is 0 Å². The lowest BCUT2D eigenvalue weighted by molar-refractivity contribution is -0.141. The number of carbonyl (C=O) groups is 4. The van der Waals surface area contributed by atoms with Gasteiger partial charge in [0.05, 0.1) is 13.2 Å². The third-order valence-corrected chi connectivity index (χ3v) is 6.49. The molecule has 1 atom stereocenters. The first kappa shape index (κ1) is 34.9. The van der Waals surface area contributed by atoms with Crippen molar-refractivity contribution in [3.8, 4) is 0 Å². The van der Waals surface area contributed by atoms with Crippen molar-refractivity contribution in [2.24, 2.45) is 0 Å². The van der Waals surface area contributed by atoms with Crippen LogP contribution in [0.15, 0.2) is 0 Å². The Morgan fingerprint density at radius 2 is 1.19 bits per heavy atom. The molecule has 0 rings (SSSR count). The van der Waals surface area contributed by atoms with Gasteiger partial charge >= 0.3 is 12.1 Å². The standard InChI is InChI=1S/C29H54N2O6/c1-4-6-8-10-12-14-16-18-20-26(32)28(34)31-25(21-22-27(33)36-3)24-37-29(35)30-23-19-17-15-13-11-9-7-5-2/h25H,4-24H2,1-3H3,(H,30,35)(H,31,34)/t25-/m0/s1. The fourth-order valence-electron chi connectivity index (χ4n) is 4.07. The summed E-state index contributed by atoms with van der Waals surface area (Å²) >= 11 is 0. The molecule has 0 unspecified atom stereocenters. The summed E-state index contributed by atoms with van der Waals surface area (Å²) in [7, 11) is 1.29. The first-order chi connectivity index (χ1) is 17.9. The van der Waals surface area contributed by atoms with Crippen LogP contribution in [0.2, 0.25) is 0 Å². The Kier molecular flexibility index (Phi) is 24.1. The first-order valence-corrected chi connectivity index (χ1v) is 14.8. The van der Waals surface area contributed by atoms with Crippen LogP contribution >= 0.6 is 0 Å². The summed E-state index contributed by atoms with van der Waals surface area (Å²) in [6.45, 7) is 4.82. The van der Waals surface area contributed by atoms with Crippen molar-refractivity contribution in [1.29, 1.82) is 0 Å². The van der Waals surface area contributed by atoms with Gasteiger partial charge in [-0.3, -0.25) is 14.4 Å². The fraction of sp³-hybridized carbons (Fsp3) is 0.862. The van der Waals surface area contributed by atoms with Crippen molar-refractivity contribution in [3.05, 3.63) is 0 Å². The maximum absolute atomic E-state index is 12.4. The van der Waals surface area contributed by atoms with E-state index in [0.29, 0.717) is 13.0 Å². The number of carbonyl (C=O) groups excluding carboxylic acids is 4. The van der Waals surface area contributed by atoms with Crippen molar-refractivity contribution in [2.45, 2.75) is 142 Å². The number of esters is 1. The van der Waals surface area contributed by atoms with Crippen molar-refractivity contribution < 1.29 is 28.7 Å². The van der Waals surface area contributed by atoms with E-state index in [2.05, 4.69) is 29.2 Å². The quantitative estimate of drug-likeness (QED) is 0.0810. The SMILES string of the molecule is CCCCCCCCCCNC(=O)OC[C@H](CCC(=O)OC)NC(=O)C(=O)CCCCCCCCCC. The number of alkyl carbamates (subject to hydrolysis) is 1. The lowest BCUT2D eigenvalue weighted by Crippen LogP contribution is -2.43. The topological polar surface area (TPSA) is 111 Å². The lowest BCUT2D eigenvalue weighted by atomic mass is 10.1. The molecule has 0 fully saturated rings. The monoisotopic (exact) mass is 526 g/mol. The Balaban J connectivity index is 4.23. The molecule has 0 saturated carbocycles. The zero-order valence-electron chi connectivity index (χ0n) is 23.9. The van der Waals surface area contributed by atoms with Gasteiger partial charge in [0.1, 0.15) is 6.61 Å². The van der Waals surface area contributed by atoms with E-state index < -0.39 is 29.8 Å². The van der Waals surface area contributed by atoms with Gasteiger partial charge in [0, 0.05) is 19.4 Å². The smallest absolute Gasteiger partial charge is 0.407 e. The molecule has 2 N–H and O–H groups in total. The molecule has 0 aliphatic heterocycles. The van der Waals surface area contributed by atoms with Gasteiger partial charge in [-0.1, -0.05) is 104 Å². The molecule has 0 aliphatic carbocycles. The molecule has 8 heteroatoms. The Hall–Kier alpha value is -2.12. The molecule has 0 aromatic carbocycles. The summed E-state index contributed by atoms with van der Waals surface area (Å²) in [6, 6.07) is -0.636. The van der Waals surface area contributed by atoms with Crippen molar-refractivity contribution in [1.82, 2.24) is 10.6 Å². The van der Waals surface area contributed by atoms with Crippen LogP contribution in [0, 0.1) is 0 Å². The highest BCUT2D eigenvalue weighted by atomic mass is 16.5. The highest BCUT2D eigenvalue weighted by Gasteiger charge is 2.21. The largest absolute Gasteiger partial charge is 0.469 e. The highest BCUT2D eigenvalue weighted by molar-refractivity contribution is 6.36. The second kappa shape index (κ2) is 25.5. The number of ketones is 1. The van der Waals surface area contributed by atoms with Gasteiger partial charge in [-0.2, -0.15) is 0 Å². The predicted molar refractivity (Wildman–Crippen MR) is 147 cm³/mol. The summed E-state index contributed by atoms with van der Waals surface area (Å²) in [6.07, 6.45) is 18.1. The van der Waals surface area contributed by atoms with Crippen LogP contribution in [0.1, 0.15) is 136 Å². The lowest BCUT2D eigenvalue weighted by Gasteiger charge is -2.18. The predicted octanol–water partition coefficient (Wildman–Crippen LogP) is 6.39. The first-order valence-electron chi connectivity index (χ1n) is 14.8. The average molecular weight is 527 g/mol. The minimum absolute atomic E-state index is 0.0525. The number of nitrogens with one attached hydrogen (secondary N) is 2. The van der Waals surface area contributed by atoms with Crippen LogP contribution in [0.25, 0.3) is 0 Å². The van der Waals surface area contributed by atoms with Crippen LogP contribution in [-0.2, 0) is 23.9 Å². The summed E-state index contributed by atoms with van der Waals surface area (Å²) in [5, 5.41) is 5.36. The second-order valence-electron chi connectivity index (χ2n) is 9.93. The molecular formula is C29H54N2O6. The van der Waals surface area contributed by atoms with Gasteiger partial charge in [-0.15, -0.1) is 0 Å². The second-order valence-corrected chi connectivity index (χ2v) is 9.93. The van der Waals surface area contributed by atoms with E-state index in [-0.39, 0.29) is 25.9 Å². The summed E-state index contributed by atoms with van der Waals surface area (Å²) in [5.74, 6) is -1.60. The molecule has 0 aliphatic rings. The number of rotatable bonds is 25. The van der Waals surface area contributed by atoms with Crippen LogP contribution in [-0.4, -0.2) is 50.1 Å². The van der Waals surface area contributed by atoms with E-state index in [9.17, 15) is 19.2 Å². The van der Waals surface area contributed by atoms with E-state index in [1.54, 1.807) is 0 Å². The maximum atomic E-state index is 12.4. The van der Waals surface area contributed by atoms with Crippen molar-refractivity contribution in [2.75, 3.05) is 20.3 Å². The Morgan fingerprint density at radius 1 is 0.676 bits per heavy atom. The molecule has 2 amide bonds. The van der Waals surface area contributed by atoms with Gasteiger partial charge in [-0.05, 0) is 19.3 Å². The van der Waals surface area contributed by atoms with E-state index in [1.807, 2.05) is 0 Å². The minimum Gasteiger partial charge on any atom is -0.469 e. The molecule has 8 nitrogen and oxygen atoms in total. The summed E-state index contributed by atoms with van der Waals surface area (Å²) < 4.78 is 9.91. The fourth-order valence-corrected chi connectivity index (χ4v) is 4.07. The number of Topliss-reactive ketones (excluding diaryl/α,β-unsaturated/α-hetero) is 1. The third kappa shape index (κ3) is 22.8. The summed E-state index contributed by atoms with van der Waals surface area (Å²) in [5.41, 5.74) is 0. The van der Waals surface area contributed by atoms with Crippen molar-refractivity contribution >= 4 is 23.8 Å². The Labute approximate surface area is 225 Å².